The lowest BCUT2D eigenvalue weighted by Gasteiger charge is -2.08. The Bertz CT molecular complexity index is 711. The molecule has 0 fully saturated rings. The molecule has 1 heterocycles. The number of sulfonamides is 1. The molecular formula is C13H15BrN2O2S2. The first-order valence-electron chi connectivity index (χ1n) is 6.03. The minimum absolute atomic E-state index is 0.197. The topological polar surface area (TPSA) is 72.2 Å². The molecule has 3 N–H and O–H groups in total. The summed E-state index contributed by atoms with van der Waals surface area (Å²) in [5.74, 6) is 0. The van der Waals surface area contributed by atoms with Crippen LogP contribution in [0.1, 0.15) is 17.4 Å². The van der Waals surface area contributed by atoms with Crippen LogP contribution in [0.15, 0.2) is 39.0 Å². The first-order valence-corrected chi connectivity index (χ1v) is 9.19. The van der Waals surface area contributed by atoms with Gasteiger partial charge in [0.15, 0.2) is 0 Å². The van der Waals surface area contributed by atoms with Crippen LogP contribution in [0, 0.1) is 0 Å². The predicted molar refractivity (Wildman–Crippen MR) is 86.3 cm³/mol. The van der Waals surface area contributed by atoms with E-state index in [1.807, 2.05) is 18.4 Å². The molecule has 0 bridgehead atoms. The van der Waals surface area contributed by atoms with Gasteiger partial charge in [-0.05, 0) is 46.1 Å². The molecule has 2 rings (SSSR count). The summed E-state index contributed by atoms with van der Waals surface area (Å²) in [7, 11) is -3.54. The van der Waals surface area contributed by atoms with Crippen LogP contribution >= 0.6 is 27.3 Å². The lowest BCUT2D eigenvalue weighted by Crippen LogP contribution is -2.23. The number of benzene rings is 1. The number of nitrogens with two attached hydrogens (primary N) is 1. The van der Waals surface area contributed by atoms with Gasteiger partial charge < -0.3 is 5.73 Å². The van der Waals surface area contributed by atoms with Crippen molar-refractivity contribution in [2.45, 2.75) is 24.8 Å². The van der Waals surface area contributed by atoms with Crippen LogP contribution in [0.2, 0.25) is 0 Å². The van der Waals surface area contributed by atoms with Crippen molar-refractivity contribution in [3.8, 4) is 0 Å². The van der Waals surface area contributed by atoms with E-state index in [4.69, 9.17) is 5.73 Å². The summed E-state index contributed by atoms with van der Waals surface area (Å²) in [5, 5.41) is 1.91. The molecule has 4 nitrogen and oxygen atoms in total. The summed E-state index contributed by atoms with van der Waals surface area (Å²) in [5.41, 5.74) is 7.30. The highest BCUT2D eigenvalue weighted by Gasteiger charge is 2.15. The molecule has 0 radical (unpaired) electrons. The molecule has 0 aliphatic carbocycles. The molecule has 0 aliphatic heterocycles. The van der Waals surface area contributed by atoms with E-state index in [1.54, 1.807) is 12.1 Å². The molecule has 0 saturated carbocycles. The SMILES string of the molecule is CCc1ccc(S(=O)(=O)NCc2cc(Br)cs2)cc1N. The highest BCUT2D eigenvalue weighted by Crippen LogP contribution is 2.21. The third kappa shape index (κ3) is 3.60. The molecule has 0 amide bonds. The number of nitrogen functional groups attached to an aromatic ring is 1. The van der Waals surface area contributed by atoms with Crippen LogP contribution < -0.4 is 10.5 Å². The molecule has 20 heavy (non-hydrogen) atoms. The van der Waals surface area contributed by atoms with Crippen molar-refractivity contribution < 1.29 is 8.42 Å². The largest absolute Gasteiger partial charge is 0.398 e. The van der Waals surface area contributed by atoms with E-state index in [-0.39, 0.29) is 11.4 Å². The maximum Gasteiger partial charge on any atom is 0.240 e. The zero-order chi connectivity index (χ0) is 14.8. The van der Waals surface area contributed by atoms with Crippen molar-refractivity contribution >= 4 is 43.0 Å². The fourth-order valence-electron chi connectivity index (χ4n) is 1.76. The van der Waals surface area contributed by atoms with Crippen LogP contribution in [-0.4, -0.2) is 8.42 Å². The van der Waals surface area contributed by atoms with Gasteiger partial charge in [0.1, 0.15) is 0 Å². The Morgan fingerprint density at radius 2 is 2.10 bits per heavy atom. The van der Waals surface area contributed by atoms with Crippen molar-refractivity contribution in [2.24, 2.45) is 0 Å². The third-order valence-corrected chi connectivity index (χ3v) is 5.96. The molecule has 2 aromatic rings. The van der Waals surface area contributed by atoms with Crippen LogP contribution in [-0.2, 0) is 23.0 Å². The highest BCUT2D eigenvalue weighted by atomic mass is 79.9. The Hall–Kier alpha value is -0.890. The molecule has 0 unspecified atom stereocenters. The first kappa shape index (κ1) is 15.5. The van der Waals surface area contributed by atoms with E-state index in [0.29, 0.717) is 5.69 Å². The minimum atomic E-state index is -3.54. The van der Waals surface area contributed by atoms with Crippen LogP contribution in [0.5, 0.6) is 0 Å². The number of hydrogen-bond donors (Lipinski definition) is 2. The van der Waals surface area contributed by atoms with E-state index in [2.05, 4.69) is 20.7 Å². The second kappa shape index (κ2) is 6.26. The van der Waals surface area contributed by atoms with Crippen molar-refractivity contribution in [2.75, 3.05) is 5.73 Å². The summed E-state index contributed by atoms with van der Waals surface area (Å²) >= 11 is 4.84. The smallest absolute Gasteiger partial charge is 0.240 e. The molecule has 1 aromatic carbocycles. The Morgan fingerprint density at radius 3 is 2.65 bits per heavy atom. The summed E-state index contributed by atoms with van der Waals surface area (Å²) in [6.45, 7) is 2.25. The molecule has 0 atom stereocenters. The Morgan fingerprint density at radius 1 is 1.35 bits per heavy atom. The fraction of sp³-hybridized carbons (Fsp3) is 0.231. The zero-order valence-corrected chi connectivity index (χ0v) is 14.1. The molecule has 0 spiro atoms. The zero-order valence-electron chi connectivity index (χ0n) is 10.9. The number of rotatable bonds is 5. The first-order chi connectivity index (χ1) is 9.42. The average molecular weight is 375 g/mol. The number of anilines is 1. The number of aryl methyl sites for hydroxylation is 1. The summed E-state index contributed by atoms with van der Waals surface area (Å²) in [6.07, 6.45) is 0.781. The summed E-state index contributed by atoms with van der Waals surface area (Å²) in [4.78, 5) is 1.14. The maximum absolute atomic E-state index is 12.2. The Balaban J connectivity index is 2.15. The highest BCUT2D eigenvalue weighted by molar-refractivity contribution is 9.10. The summed E-state index contributed by atoms with van der Waals surface area (Å²) in [6, 6.07) is 6.74. The molecule has 108 valence electrons. The van der Waals surface area contributed by atoms with Gasteiger partial charge in [0.05, 0.1) is 4.90 Å². The van der Waals surface area contributed by atoms with Crippen molar-refractivity contribution in [1.82, 2.24) is 4.72 Å². The molecule has 1 aromatic heterocycles. The monoisotopic (exact) mass is 374 g/mol. The van der Waals surface area contributed by atoms with E-state index in [0.717, 1.165) is 21.3 Å². The standard InChI is InChI=1S/C13H15BrN2O2S2/c1-2-9-3-4-12(6-13(9)15)20(17,18)16-7-11-5-10(14)8-19-11/h3-6,8,16H,2,7,15H2,1H3. The van der Waals surface area contributed by atoms with E-state index in [9.17, 15) is 8.42 Å². The van der Waals surface area contributed by atoms with Gasteiger partial charge in [0.2, 0.25) is 10.0 Å². The number of halogens is 1. The number of thiophene rings is 1. The minimum Gasteiger partial charge on any atom is -0.398 e. The normalized spacial score (nSPS) is 11.7. The Kier molecular flexibility index (Phi) is 4.85. The van der Waals surface area contributed by atoms with Gasteiger partial charge in [-0.3, -0.25) is 0 Å². The average Bonchev–Trinajstić information content (AvgIpc) is 2.82. The molecule has 7 heteroatoms. The third-order valence-electron chi connectivity index (χ3n) is 2.87. The van der Waals surface area contributed by atoms with E-state index in [1.165, 1.54) is 17.4 Å². The van der Waals surface area contributed by atoms with Gasteiger partial charge in [0, 0.05) is 27.0 Å². The lowest BCUT2D eigenvalue weighted by molar-refractivity contribution is 0.582. The van der Waals surface area contributed by atoms with Gasteiger partial charge in [-0.2, -0.15) is 0 Å². The fourth-order valence-corrected chi connectivity index (χ4v) is 4.28. The van der Waals surface area contributed by atoms with Crippen molar-refractivity contribution in [1.29, 1.82) is 0 Å². The number of hydrogen-bond acceptors (Lipinski definition) is 4. The summed E-state index contributed by atoms with van der Waals surface area (Å²) < 4.78 is 27.9. The second-order valence-corrected chi connectivity index (χ2v) is 7.95. The van der Waals surface area contributed by atoms with Crippen LogP contribution in [0.4, 0.5) is 5.69 Å². The molecular weight excluding hydrogens is 360 g/mol. The second-order valence-electron chi connectivity index (χ2n) is 4.27. The van der Waals surface area contributed by atoms with E-state index >= 15 is 0 Å². The van der Waals surface area contributed by atoms with E-state index < -0.39 is 10.0 Å². The van der Waals surface area contributed by atoms with Gasteiger partial charge in [0.25, 0.3) is 0 Å². The van der Waals surface area contributed by atoms with Gasteiger partial charge in [-0.15, -0.1) is 11.3 Å². The molecule has 0 saturated heterocycles. The quantitative estimate of drug-likeness (QED) is 0.789. The van der Waals surface area contributed by atoms with Gasteiger partial charge in [-0.25, -0.2) is 13.1 Å². The van der Waals surface area contributed by atoms with Gasteiger partial charge >= 0.3 is 0 Å². The predicted octanol–water partition coefficient (Wildman–Crippen LogP) is 3.13. The van der Waals surface area contributed by atoms with Gasteiger partial charge in [-0.1, -0.05) is 13.0 Å². The lowest BCUT2D eigenvalue weighted by atomic mass is 10.1. The van der Waals surface area contributed by atoms with Crippen molar-refractivity contribution in [3.63, 3.8) is 0 Å². The number of nitrogens with one attached hydrogen (secondary N) is 1. The van der Waals surface area contributed by atoms with Crippen molar-refractivity contribution in [3.05, 3.63) is 44.6 Å². The molecule has 0 aliphatic rings. The van der Waals surface area contributed by atoms with Crippen LogP contribution in [0.3, 0.4) is 0 Å². The Labute approximate surface area is 131 Å². The maximum atomic E-state index is 12.2. The van der Waals surface area contributed by atoms with Crippen LogP contribution in [0.25, 0.3) is 0 Å².